The van der Waals surface area contributed by atoms with Crippen LogP contribution in [-0.4, -0.2) is 5.91 Å². The highest BCUT2D eigenvalue weighted by molar-refractivity contribution is 6.33. The molecule has 0 saturated heterocycles. The SMILES string of the molecule is Cc1ccc(C(N)C(=O)Nc2ccc(C#N)cc2Cl)cc1. The van der Waals surface area contributed by atoms with Crippen LogP contribution in [0.1, 0.15) is 22.7 Å². The summed E-state index contributed by atoms with van der Waals surface area (Å²) in [6, 6.07) is 13.3. The van der Waals surface area contributed by atoms with Crippen molar-refractivity contribution in [3.8, 4) is 6.07 Å². The van der Waals surface area contributed by atoms with Crippen LogP contribution in [0.4, 0.5) is 5.69 Å². The monoisotopic (exact) mass is 299 g/mol. The molecule has 2 rings (SSSR count). The molecule has 1 unspecified atom stereocenters. The molecule has 0 aliphatic carbocycles. The predicted molar refractivity (Wildman–Crippen MR) is 82.9 cm³/mol. The second-order valence-electron chi connectivity index (χ2n) is 4.68. The van der Waals surface area contributed by atoms with Crippen molar-refractivity contribution in [2.24, 2.45) is 5.73 Å². The Bertz CT molecular complexity index is 704. The molecular weight excluding hydrogens is 286 g/mol. The first-order valence-electron chi connectivity index (χ1n) is 6.34. The number of nitriles is 1. The van der Waals surface area contributed by atoms with Crippen molar-refractivity contribution in [3.63, 3.8) is 0 Å². The summed E-state index contributed by atoms with van der Waals surface area (Å²) in [6.07, 6.45) is 0. The number of nitrogens with two attached hydrogens (primary N) is 1. The van der Waals surface area contributed by atoms with Gasteiger partial charge in [0.1, 0.15) is 6.04 Å². The summed E-state index contributed by atoms with van der Waals surface area (Å²) >= 11 is 6.02. The van der Waals surface area contributed by atoms with Crippen molar-refractivity contribution < 1.29 is 4.79 Å². The zero-order valence-electron chi connectivity index (χ0n) is 11.4. The van der Waals surface area contributed by atoms with E-state index in [1.807, 2.05) is 37.3 Å². The van der Waals surface area contributed by atoms with Crippen LogP contribution < -0.4 is 11.1 Å². The summed E-state index contributed by atoms with van der Waals surface area (Å²) in [7, 11) is 0. The largest absolute Gasteiger partial charge is 0.323 e. The number of nitrogens with one attached hydrogen (secondary N) is 1. The van der Waals surface area contributed by atoms with Gasteiger partial charge >= 0.3 is 0 Å². The molecule has 3 N–H and O–H groups in total. The number of carbonyl (C=O) groups excluding carboxylic acids is 1. The quantitative estimate of drug-likeness (QED) is 0.913. The van der Waals surface area contributed by atoms with Crippen LogP contribution in [0, 0.1) is 18.3 Å². The van der Waals surface area contributed by atoms with Gasteiger partial charge in [0.2, 0.25) is 5.91 Å². The Morgan fingerprint density at radius 1 is 1.29 bits per heavy atom. The number of nitrogens with zero attached hydrogens (tertiary/aromatic N) is 1. The van der Waals surface area contributed by atoms with E-state index in [9.17, 15) is 4.79 Å². The van der Waals surface area contributed by atoms with Crippen molar-refractivity contribution in [3.05, 3.63) is 64.2 Å². The fourth-order valence-electron chi connectivity index (χ4n) is 1.82. The molecule has 1 atom stereocenters. The fraction of sp³-hybridized carbons (Fsp3) is 0.125. The first kappa shape index (κ1) is 15.0. The molecule has 0 spiro atoms. The zero-order valence-corrected chi connectivity index (χ0v) is 12.2. The molecule has 2 aromatic rings. The number of halogens is 1. The first-order valence-corrected chi connectivity index (χ1v) is 6.71. The van der Waals surface area contributed by atoms with Gasteiger partial charge in [-0.15, -0.1) is 0 Å². The molecule has 1 amide bonds. The lowest BCUT2D eigenvalue weighted by Crippen LogP contribution is -2.27. The zero-order chi connectivity index (χ0) is 15.4. The molecule has 2 aromatic carbocycles. The van der Waals surface area contributed by atoms with E-state index in [0.29, 0.717) is 16.3 Å². The number of benzene rings is 2. The lowest BCUT2D eigenvalue weighted by molar-refractivity contribution is -0.117. The third-order valence-corrected chi connectivity index (χ3v) is 3.39. The topological polar surface area (TPSA) is 78.9 Å². The number of rotatable bonds is 3. The fourth-order valence-corrected chi connectivity index (χ4v) is 2.05. The van der Waals surface area contributed by atoms with E-state index < -0.39 is 6.04 Å². The van der Waals surface area contributed by atoms with Gasteiger partial charge in [-0.1, -0.05) is 41.4 Å². The number of hydrogen-bond acceptors (Lipinski definition) is 3. The highest BCUT2D eigenvalue weighted by Crippen LogP contribution is 2.24. The van der Waals surface area contributed by atoms with Gasteiger partial charge in [-0.05, 0) is 30.7 Å². The van der Waals surface area contributed by atoms with E-state index in [2.05, 4.69) is 5.32 Å². The molecule has 0 radical (unpaired) electrons. The summed E-state index contributed by atoms with van der Waals surface area (Å²) in [5, 5.41) is 11.8. The normalized spacial score (nSPS) is 11.5. The summed E-state index contributed by atoms with van der Waals surface area (Å²) in [5.74, 6) is -0.356. The molecule has 0 heterocycles. The van der Waals surface area contributed by atoms with E-state index in [0.717, 1.165) is 11.1 Å². The van der Waals surface area contributed by atoms with Crippen molar-refractivity contribution in [1.82, 2.24) is 0 Å². The molecule has 21 heavy (non-hydrogen) atoms. The van der Waals surface area contributed by atoms with E-state index in [-0.39, 0.29) is 5.91 Å². The van der Waals surface area contributed by atoms with Gasteiger partial charge in [-0.2, -0.15) is 5.26 Å². The number of carbonyl (C=O) groups is 1. The third-order valence-electron chi connectivity index (χ3n) is 3.07. The van der Waals surface area contributed by atoms with Crippen molar-refractivity contribution in [1.29, 1.82) is 5.26 Å². The van der Waals surface area contributed by atoms with Gasteiger partial charge in [0.25, 0.3) is 0 Å². The second-order valence-corrected chi connectivity index (χ2v) is 5.09. The van der Waals surface area contributed by atoms with Crippen molar-refractivity contribution in [2.45, 2.75) is 13.0 Å². The van der Waals surface area contributed by atoms with Gasteiger partial charge in [-0.25, -0.2) is 0 Å². The lowest BCUT2D eigenvalue weighted by atomic mass is 10.1. The Balaban J connectivity index is 2.14. The van der Waals surface area contributed by atoms with E-state index in [4.69, 9.17) is 22.6 Å². The lowest BCUT2D eigenvalue weighted by Gasteiger charge is -2.13. The molecular formula is C16H14ClN3O. The Hall–Kier alpha value is -2.35. The molecule has 4 nitrogen and oxygen atoms in total. The van der Waals surface area contributed by atoms with Gasteiger partial charge in [-0.3, -0.25) is 4.79 Å². The smallest absolute Gasteiger partial charge is 0.245 e. The van der Waals surface area contributed by atoms with Gasteiger partial charge < -0.3 is 11.1 Å². The summed E-state index contributed by atoms with van der Waals surface area (Å²) in [5.41, 5.74) is 8.62. The van der Waals surface area contributed by atoms with Gasteiger partial charge in [0.05, 0.1) is 22.3 Å². The van der Waals surface area contributed by atoms with Gasteiger partial charge in [0, 0.05) is 0 Å². The van der Waals surface area contributed by atoms with Crippen molar-refractivity contribution >= 4 is 23.2 Å². The summed E-state index contributed by atoms with van der Waals surface area (Å²) < 4.78 is 0. The minimum absolute atomic E-state index is 0.304. The molecule has 0 fully saturated rings. The highest BCUT2D eigenvalue weighted by atomic mass is 35.5. The highest BCUT2D eigenvalue weighted by Gasteiger charge is 2.16. The van der Waals surface area contributed by atoms with Crippen LogP contribution in [0.15, 0.2) is 42.5 Å². The molecule has 5 heteroatoms. The van der Waals surface area contributed by atoms with Crippen LogP contribution >= 0.6 is 11.6 Å². The second kappa shape index (κ2) is 6.40. The maximum absolute atomic E-state index is 12.1. The van der Waals surface area contributed by atoms with E-state index >= 15 is 0 Å². The number of hydrogen-bond donors (Lipinski definition) is 2. The van der Waals surface area contributed by atoms with Crippen LogP contribution in [0.5, 0.6) is 0 Å². The Kier molecular flexibility index (Phi) is 4.59. The Morgan fingerprint density at radius 3 is 2.52 bits per heavy atom. The average Bonchev–Trinajstić information content (AvgIpc) is 2.49. The molecule has 0 aromatic heterocycles. The van der Waals surface area contributed by atoms with Crippen molar-refractivity contribution in [2.75, 3.05) is 5.32 Å². The maximum Gasteiger partial charge on any atom is 0.245 e. The molecule has 0 aliphatic heterocycles. The molecule has 0 aliphatic rings. The van der Waals surface area contributed by atoms with Crippen LogP contribution in [0.25, 0.3) is 0 Å². The maximum atomic E-state index is 12.1. The van der Waals surface area contributed by atoms with Crippen LogP contribution in [0.2, 0.25) is 5.02 Å². The molecule has 0 saturated carbocycles. The number of amides is 1. The predicted octanol–water partition coefficient (Wildman–Crippen LogP) is 3.16. The minimum atomic E-state index is -0.780. The van der Waals surface area contributed by atoms with Crippen LogP contribution in [-0.2, 0) is 4.79 Å². The number of aryl methyl sites for hydroxylation is 1. The summed E-state index contributed by atoms with van der Waals surface area (Å²) in [4.78, 5) is 12.1. The average molecular weight is 300 g/mol. The minimum Gasteiger partial charge on any atom is -0.323 e. The van der Waals surface area contributed by atoms with Gasteiger partial charge in [0.15, 0.2) is 0 Å². The summed E-state index contributed by atoms with van der Waals surface area (Å²) in [6.45, 7) is 1.96. The number of anilines is 1. The molecule has 106 valence electrons. The first-order chi connectivity index (χ1) is 10.0. The van der Waals surface area contributed by atoms with Crippen LogP contribution in [0.3, 0.4) is 0 Å². The van der Waals surface area contributed by atoms with E-state index in [1.165, 1.54) is 6.07 Å². The Morgan fingerprint density at radius 2 is 1.95 bits per heavy atom. The third kappa shape index (κ3) is 3.60. The molecule has 0 bridgehead atoms. The Labute approximate surface area is 128 Å². The van der Waals surface area contributed by atoms with E-state index in [1.54, 1.807) is 12.1 Å². The standard InChI is InChI=1S/C16H14ClN3O/c1-10-2-5-12(6-3-10)15(19)16(21)20-14-7-4-11(9-18)8-13(14)17/h2-8,15H,19H2,1H3,(H,20,21).